The molecule has 2 heterocycles. The molecule has 0 unspecified atom stereocenters. The van der Waals surface area contributed by atoms with Crippen LogP contribution in [0.15, 0.2) is 30.6 Å². The normalized spacial score (nSPS) is 14.3. The number of benzene rings is 1. The summed E-state index contributed by atoms with van der Waals surface area (Å²) in [5.74, 6) is 1.92. The summed E-state index contributed by atoms with van der Waals surface area (Å²) in [6, 6.07) is 5.75. The molecule has 1 aliphatic heterocycles. The zero-order chi connectivity index (χ0) is 19.8. The lowest BCUT2D eigenvalue weighted by atomic mass is 10.1. The molecular weight excluding hydrogens is 356 g/mol. The molecule has 3 rings (SSSR count). The molecule has 1 aromatic heterocycles. The molecule has 0 aliphatic carbocycles. The number of nitrogens with zero attached hydrogens (tertiary/aromatic N) is 3. The van der Waals surface area contributed by atoms with Gasteiger partial charge in [0.1, 0.15) is 0 Å². The molecule has 7 heteroatoms. The van der Waals surface area contributed by atoms with Gasteiger partial charge in [0.2, 0.25) is 5.95 Å². The molecule has 1 saturated heterocycles. The predicted molar refractivity (Wildman–Crippen MR) is 108 cm³/mol. The van der Waals surface area contributed by atoms with Gasteiger partial charge < -0.3 is 19.7 Å². The van der Waals surface area contributed by atoms with Crippen molar-refractivity contribution in [2.24, 2.45) is 0 Å². The fourth-order valence-corrected chi connectivity index (χ4v) is 3.33. The molecule has 150 valence electrons. The van der Waals surface area contributed by atoms with Gasteiger partial charge in [0.15, 0.2) is 11.5 Å². The summed E-state index contributed by atoms with van der Waals surface area (Å²) in [6.07, 6.45) is 8.77. The van der Waals surface area contributed by atoms with Gasteiger partial charge in [-0.25, -0.2) is 9.97 Å². The van der Waals surface area contributed by atoms with Gasteiger partial charge in [-0.2, -0.15) is 0 Å². The van der Waals surface area contributed by atoms with E-state index < -0.39 is 0 Å². The van der Waals surface area contributed by atoms with Crippen molar-refractivity contribution in [1.29, 1.82) is 0 Å². The minimum absolute atomic E-state index is 0.164. The molecule has 1 aliphatic rings. The molecule has 28 heavy (non-hydrogen) atoms. The van der Waals surface area contributed by atoms with Gasteiger partial charge in [0.25, 0.3) is 5.91 Å². The van der Waals surface area contributed by atoms with E-state index in [0.717, 1.165) is 18.7 Å². The number of rotatable bonds is 7. The first-order valence-electron chi connectivity index (χ1n) is 9.77. The number of anilines is 1. The highest BCUT2D eigenvalue weighted by Crippen LogP contribution is 2.27. The molecule has 2 aromatic rings. The Balaban J connectivity index is 1.52. The summed E-state index contributed by atoms with van der Waals surface area (Å²) in [7, 11) is 3.22. The van der Waals surface area contributed by atoms with Crippen molar-refractivity contribution in [1.82, 2.24) is 15.3 Å². The first-order chi connectivity index (χ1) is 13.7. The number of hydrogen-bond acceptors (Lipinski definition) is 6. The molecule has 0 atom stereocenters. The van der Waals surface area contributed by atoms with Crippen LogP contribution in [0, 0.1) is 0 Å². The van der Waals surface area contributed by atoms with E-state index >= 15 is 0 Å². The molecule has 0 spiro atoms. The topological polar surface area (TPSA) is 76.6 Å². The second-order valence-corrected chi connectivity index (χ2v) is 6.87. The van der Waals surface area contributed by atoms with E-state index in [2.05, 4.69) is 20.2 Å². The van der Waals surface area contributed by atoms with Crippen molar-refractivity contribution >= 4 is 11.9 Å². The van der Waals surface area contributed by atoms with Crippen LogP contribution in [0.4, 0.5) is 5.95 Å². The third kappa shape index (κ3) is 5.12. The van der Waals surface area contributed by atoms with Gasteiger partial charge >= 0.3 is 0 Å². The zero-order valence-electron chi connectivity index (χ0n) is 16.6. The summed E-state index contributed by atoms with van der Waals surface area (Å²) in [6.45, 7) is 2.48. The van der Waals surface area contributed by atoms with Gasteiger partial charge in [-0.15, -0.1) is 0 Å². The van der Waals surface area contributed by atoms with Crippen molar-refractivity contribution in [2.75, 3.05) is 38.8 Å². The molecule has 0 saturated carbocycles. The van der Waals surface area contributed by atoms with E-state index in [1.165, 1.54) is 25.7 Å². The molecule has 7 nitrogen and oxygen atoms in total. The van der Waals surface area contributed by atoms with Crippen LogP contribution in [0.1, 0.15) is 41.6 Å². The Kier molecular flexibility index (Phi) is 7.06. The van der Waals surface area contributed by atoms with E-state index in [0.29, 0.717) is 36.0 Å². The van der Waals surface area contributed by atoms with E-state index in [9.17, 15) is 4.79 Å². The maximum Gasteiger partial charge on any atom is 0.254 e. The average molecular weight is 384 g/mol. The largest absolute Gasteiger partial charge is 0.493 e. The molecular formula is C21H28N4O3. The monoisotopic (exact) mass is 384 g/mol. The quantitative estimate of drug-likeness (QED) is 0.791. The van der Waals surface area contributed by atoms with Crippen molar-refractivity contribution in [3.63, 3.8) is 0 Å². The number of ether oxygens (including phenoxy) is 2. The maximum absolute atomic E-state index is 12.4. The average Bonchev–Trinajstić information content (AvgIpc) is 3.03. The van der Waals surface area contributed by atoms with Gasteiger partial charge in [0.05, 0.1) is 19.8 Å². The zero-order valence-corrected chi connectivity index (χ0v) is 16.6. The first kappa shape index (κ1) is 19.9. The third-order valence-electron chi connectivity index (χ3n) is 4.94. The highest BCUT2D eigenvalue weighted by molar-refractivity contribution is 5.93. The highest BCUT2D eigenvalue weighted by Gasteiger charge is 2.14. The van der Waals surface area contributed by atoms with Crippen LogP contribution < -0.4 is 19.7 Å². The number of hydrogen-bond donors (Lipinski definition) is 1. The van der Waals surface area contributed by atoms with Crippen molar-refractivity contribution in [3.05, 3.63) is 41.7 Å². The van der Waals surface area contributed by atoms with Crippen molar-refractivity contribution < 1.29 is 14.3 Å². The maximum atomic E-state index is 12.4. The second kappa shape index (κ2) is 9.92. The summed E-state index contributed by atoms with van der Waals surface area (Å²) in [5.41, 5.74) is 1.54. The lowest BCUT2D eigenvalue weighted by molar-refractivity contribution is 0.0953. The van der Waals surface area contributed by atoms with E-state index in [-0.39, 0.29) is 5.91 Å². The number of aromatic nitrogens is 2. The van der Waals surface area contributed by atoms with Crippen molar-refractivity contribution in [3.8, 4) is 11.5 Å². The predicted octanol–water partition coefficient (Wildman–Crippen LogP) is 2.85. The van der Waals surface area contributed by atoms with Gasteiger partial charge in [-0.3, -0.25) is 4.79 Å². The minimum Gasteiger partial charge on any atom is -0.493 e. The van der Waals surface area contributed by atoms with Crippen molar-refractivity contribution in [2.45, 2.75) is 32.1 Å². The molecule has 0 radical (unpaired) electrons. The molecule has 1 aromatic carbocycles. The molecule has 1 fully saturated rings. The summed E-state index contributed by atoms with van der Waals surface area (Å²) < 4.78 is 10.5. The minimum atomic E-state index is -0.164. The van der Waals surface area contributed by atoms with E-state index in [4.69, 9.17) is 9.47 Å². The number of amides is 1. The van der Waals surface area contributed by atoms with Gasteiger partial charge in [-0.1, -0.05) is 18.9 Å². The van der Waals surface area contributed by atoms with Gasteiger partial charge in [0, 0.05) is 32.0 Å². The smallest absolute Gasteiger partial charge is 0.254 e. The Labute approximate surface area is 166 Å². The summed E-state index contributed by atoms with van der Waals surface area (Å²) in [4.78, 5) is 23.3. The van der Waals surface area contributed by atoms with Crippen LogP contribution in [-0.4, -0.2) is 49.7 Å². The van der Waals surface area contributed by atoms with Crippen LogP contribution in [0.3, 0.4) is 0 Å². The van der Waals surface area contributed by atoms with Crippen LogP contribution in [0.5, 0.6) is 11.5 Å². The Hall–Kier alpha value is -2.83. The molecule has 1 amide bonds. The lowest BCUT2D eigenvalue weighted by Crippen LogP contribution is -2.28. The van der Waals surface area contributed by atoms with Crippen LogP contribution in [-0.2, 0) is 6.42 Å². The Morgan fingerprint density at radius 3 is 2.36 bits per heavy atom. The van der Waals surface area contributed by atoms with E-state index in [1.54, 1.807) is 26.6 Å². The standard InChI is InChI=1S/C21H28N4O3/c1-27-18-8-7-16(13-19(18)28-2)9-10-22-20(26)17-14-23-21(24-15-17)25-11-5-3-4-6-12-25/h7-8,13-15H,3-6,9-12H2,1-2H3,(H,22,26). The third-order valence-corrected chi connectivity index (χ3v) is 4.94. The number of nitrogens with one attached hydrogen (secondary N) is 1. The molecule has 1 N–H and O–H groups in total. The Morgan fingerprint density at radius 1 is 1.04 bits per heavy atom. The first-order valence-corrected chi connectivity index (χ1v) is 9.77. The number of carbonyl (C=O) groups excluding carboxylic acids is 1. The molecule has 0 bridgehead atoms. The lowest BCUT2D eigenvalue weighted by Gasteiger charge is -2.19. The Bertz CT molecular complexity index is 772. The van der Waals surface area contributed by atoms with E-state index in [1.807, 2.05) is 18.2 Å². The fourth-order valence-electron chi connectivity index (χ4n) is 3.33. The number of carbonyl (C=O) groups is 1. The van der Waals surface area contributed by atoms with Crippen LogP contribution in [0.2, 0.25) is 0 Å². The Morgan fingerprint density at radius 2 is 1.71 bits per heavy atom. The van der Waals surface area contributed by atoms with Gasteiger partial charge in [-0.05, 0) is 37.0 Å². The SMILES string of the molecule is COc1ccc(CCNC(=O)c2cnc(N3CCCCCC3)nc2)cc1OC. The number of methoxy groups -OCH3 is 2. The highest BCUT2D eigenvalue weighted by atomic mass is 16.5. The second-order valence-electron chi connectivity index (χ2n) is 6.87. The fraction of sp³-hybridized carbons (Fsp3) is 0.476. The van der Waals surface area contributed by atoms with Crippen LogP contribution >= 0.6 is 0 Å². The summed E-state index contributed by atoms with van der Waals surface area (Å²) in [5, 5.41) is 2.92. The van der Waals surface area contributed by atoms with Crippen LogP contribution in [0.25, 0.3) is 0 Å². The summed E-state index contributed by atoms with van der Waals surface area (Å²) >= 11 is 0.